The monoisotopic (exact) mass is 247 g/mol. The summed E-state index contributed by atoms with van der Waals surface area (Å²) in [5.74, 6) is -0.279. The highest BCUT2D eigenvalue weighted by atomic mass is 16.3. The Kier molecular flexibility index (Phi) is 4.02. The van der Waals surface area contributed by atoms with Gasteiger partial charge in [-0.3, -0.25) is 4.79 Å². The molecule has 1 aromatic carbocycles. The topological polar surface area (TPSA) is 49.3 Å². The van der Waals surface area contributed by atoms with Crippen molar-refractivity contribution in [1.82, 2.24) is 0 Å². The van der Waals surface area contributed by atoms with E-state index in [2.05, 4.69) is 12.2 Å². The second-order valence-corrected chi connectivity index (χ2v) is 5.06. The van der Waals surface area contributed by atoms with Crippen LogP contribution in [0.3, 0.4) is 0 Å². The van der Waals surface area contributed by atoms with Gasteiger partial charge in [0.05, 0.1) is 12.0 Å². The van der Waals surface area contributed by atoms with E-state index in [4.69, 9.17) is 0 Å². The Labute approximate surface area is 108 Å². The first-order valence-corrected chi connectivity index (χ1v) is 6.71. The number of aryl methyl sites for hydroxylation is 2. The zero-order valence-electron chi connectivity index (χ0n) is 11.1. The van der Waals surface area contributed by atoms with Crippen LogP contribution in [-0.4, -0.2) is 17.1 Å². The summed E-state index contributed by atoms with van der Waals surface area (Å²) in [4.78, 5) is 12.2. The molecule has 2 atom stereocenters. The molecule has 3 heteroatoms. The highest BCUT2D eigenvalue weighted by Gasteiger charge is 2.31. The zero-order valence-corrected chi connectivity index (χ0v) is 11.1. The van der Waals surface area contributed by atoms with Gasteiger partial charge >= 0.3 is 0 Å². The van der Waals surface area contributed by atoms with Crippen LogP contribution >= 0.6 is 0 Å². The Morgan fingerprint density at radius 1 is 1.44 bits per heavy atom. The molecule has 3 nitrogen and oxygen atoms in total. The first-order chi connectivity index (χ1) is 8.63. The van der Waals surface area contributed by atoms with Crippen LogP contribution in [0.2, 0.25) is 0 Å². The van der Waals surface area contributed by atoms with Crippen molar-refractivity contribution in [3.63, 3.8) is 0 Å². The minimum absolute atomic E-state index is 0.0380. The fraction of sp³-hybridized carbons (Fsp3) is 0.533. The van der Waals surface area contributed by atoms with Gasteiger partial charge in [0.1, 0.15) is 0 Å². The van der Waals surface area contributed by atoms with Gasteiger partial charge in [0.2, 0.25) is 5.91 Å². The molecule has 2 N–H and O–H groups in total. The molecule has 1 aromatic rings. The van der Waals surface area contributed by atoms with E-state index in [1.165, 1.54) is 0 Å². The third-order valence-electron chi connectivity index (χ3n) is 3.80. The number of aliphatic hydroxyl groups is 1. The highest BCUT2D eigenvalue weighted by Crippen LogP contribution is 2.28. The number of para-hydroxylation sites is 1. The minimum atomic E-state index is -0.473. The lowest BCUT2D eigenvalue weighted by molar-refractivity contribution is -0.122. The molecule has 0 spiro atoms. The van der Waals surface area contributed by atoms with Crippen LogP contribution in [0.4, 0.5) is 5.69 Å². The summed E-state index contributed by atoms with van der Waals surface area (Å²) in [7, 11) is 0. The molecule has 1 saturated carbocycles. The van der Waals surface area contributed by atoms with Crippen molar-refractivity contribution in [2.24, 2.45) is 5.92 Å². The quantitative estimate of drug-likeness (QED) is 0.862. The SMILES string of the molecule is CCc1cccc(C)c1NC(=O)C1CCCC1O. The van der Waals surface area contributed by atoms with E-state index in [0.29, 0.717) is 0 Å². The number of anilines is 1. The fourth-order valence-electron chi connectivity index (χ4n) is 2.66. The molecule has 1 aliphatic rings. The first-order valence-electron chi connectivity index (χ1n) is 6.71. The first kappa shape index (κ1) is 13.1. The molecular weight excluding hydrogens is 226 g/mol. The maximum absolute atomic E-state index is 12.2. The van der Waals surface area contributed by atoms with Gasteiger partial charge in [0.15, 0.2) is 0 Å². The molecule has 98 valence electrons. The van der Waals surface area contributed by atoms with Crippen LogP contribution in [-0.2, 0) is 11.2 Å². The maximum atomic E-state index is 12.2. The number of hydrogen-bond acceptors (Lipinski definition) is 2. The Bertz CT molecular complexity index is 442. The molecule has 0 radical (unpaired) electrons. The van der Waals surface area contributed by atoms with Crippen LogP contribution in [0, 0.1) is 12.8 Å². The van der Waals surface area contributed by atoms with E-state index in [1.807, 2.05) is 25.1 Å². The van der Waals surface area contributed by atoms with Gasteiger partial charge < -0.3 is 10.4 Å². The summed E-state index contributed by atoms with van der Waals surface area (Å²) in [6, 6.07) is 6.04. The van der Waals surface area contributed by atoms with Crippen molar-refractivity contribution in [2.45, 2.75) is 45.6 Å². The Morgan fingerprint density at radius 2 is 2.22 bits per heavy atom. The number of amides is 1. The average Bonchev–Trinajstić information content (AvgIpc) is 2.78. The fourth-order valence-corrected chi connectivity index (χ4v) is 2.66. The molecule has 0 bridgehead atoms. The van der Waals surface area contributed by atoms with E-state index < -0.39 is 6.10 Å². The van der Waals surface area contributed by atoms with E-state index in [9.17, 15) is 9.90 Å². The normalized spacial score (nSPS) is 23.1. The van der Waals surface area contributed by atoms with Gasteiger partial charge in [-0.15, -0.1) is 0 Å². The smallest absolute Gasteiger partial charge is 0.230 e. The molecule has 2 unspecified atom stereocenters. The Hall–Kier alpha value is -1.35. The molecule has 0 aliphatic heterocycles. The number of hydrogen-bond donors (Lipinski definition) is 2. The van der Waals surface area contributed by atoms with Crippen molar-refractivity contribution in [1.29, 1.82) is 0 Å². The van der Waals surface area contributed by atoms with Crippen LogP contribution in [0.15, 0.2) is 18.2 Å². The average molecular weight is 247 g/mol. The van der Waals surface area contributed by atoms with Gasteiger partial charge in [0, 0.05) is 5.69 Å². The predicted molar refractivity (Wildman–Crippen MR) is 72.5 cm³/mol. The van der Waals surface area contributed by atoms with Gasteiger partial charge in [0.25, 0.3) is 0 Å². The van der Waals surface area contributed by atoms with Crippen LogP contribution in [0.1, 0.15) is 37.3 Å². The van der Waals surface area contributed by atoms with Gasteiger partial charge in [-0.05, 0) is 43.7 Å². The Morgan fingerprint density at radius 3 is 2.83 bits per heavy atom. The molecule has 1 amide bonds. The van der Waals surface area contributed by atoms with Crippen molar-refractivity contribution in [2.75, 3.05) is 5.32 Å². The third-order valence-corrected chi connectivity index (χ3v) is 3.80. The molecule has 0 aromatic heterocycles. The third kappa shape index (κ3) is 2.56. The molecular formula is C15H21NO2. The van der Waals surface area contributed by atoms with Crippen molar-refractivity contribution >= 4 is 11.6 Å². The number of nitrogens with one attached hydrogen (secondary N) is 1. The summed E-state index contributed by atoms with van der Waals surface area (Å²) in [6.45, 7) is 4.08. The number of rotatable bonds is 3. The summed E-state index contributed by atoms with van der Waals surface area (Å²) >= 11 is 0. The van der Waals surface area contributed by atoms with E-state index in [1.54, 1.807) is 0 Å². The Balaban J connectivity index is 2.16. The minimum Gasteiger partial charge on any atom is -0.392 e. The number of aliphatic hydroxyl groups excluding tert-OH is 1. The van der Waals surface area contributed by atoms with Gasteiger partial charge in [-0.2, -0.15) is 0 Å². The predicted octanol–water partition coefficient (Wildman–Crippen LogP) is 2.66. The molecule has 1 aliphatic carbocycles. The van der Waals surface area contributed by atoms with E-state index >= 15 is 0 Å². The van der Waals surface area contributed by atoms with Crippen LogP contribution < -0.4 is 5.32 Å². The lowest BCUT2D eigenvalue weighted by atomic mass is 10.0. The van der Waals surface area contributed by atoms with Crippen LogP contribution in [0.25, 0.3) is 0 Å². The van der Waals surface area contributed by atoms with E-state index in [0.717, 1.165) is 42.5 Å². The maximum Gasteiger partial charge on any atom is 0.230 e. The molecule has 0 saturated heterocycles. The van der Waals surface area contributed by atoms with E-state index in [-0.39, 0.29) is 11.8 Å². The van der Waals surface area contributed by atoms with Crippen LogP contribution in [0.5, 0.6) is 0 Å². The number of carbonyl (C=O) groups excluding carboxylic acids is 1. The van der Waals surface area contributed by atoms with Crippen molar-refractivity contribution < 1.29 is 9.90 Å². The highest BCUT2D eigenvalue weighted by molar-refractivity contribution is 5.94. The second kappa shape index (κ2) is 5.53. The standard InChI is InChI=1S/C15H21NO2/c1-3-11-7-4-6-10(2)14(11)16-15(18)12-8-5-9-13(12)17/h4,6-7,12-13,17H,3,5,8-9H2,1-2H3,(H,16,18). The van der Waals surface area contributed by atoms with Crippen molar-refractivity contribution in [3.8, 4) is 0 Å². The lowest BCUT2D eigenvalue weighted by Crippen LogP contribution is -2.29. The zero-order chi connectivity index (χ0) is 13.1. The summed E-state index contributed by atoms with van der Waals surface area (Å²) in [5.41, 5.74) is 3.15. The van der Waals surface area contributed by atoms with Crippen molar-refractivity contribution in [3.05, 3.63) is 29.3 Å². The number of carbonyl (C=O) groups is 1. The van der Waals surface area contributed by atoms with Gasteiger partial charge in [-0.25, -0.2) is 0 Å². The molecule has 1 fully saturated rings. The summed E-state index contributed by atoms with van der Waals surface area (Å²) in [6.07, 6.45) is 2.89. The largest absolute Gasteiger partial charge is 0.392 e. The van der Waals surface area contributed by atoms with Gasteiger partial charge in [-0.1, -0.05) is 25.1 Å². The molecule has 2 rings (SSSR count). The molecule has 0 heterocycles. The number of benzene rings is 1. The lowest BCUT2D eigenvalue weighted by Gasteiger charge is -2.17. The second-order valence-electron chi connectivity index (χ2n) is 5.06. The summed E-state index contributed by atoms with van der Waals surface area (Å²) in [5, 5.41) is 12.8. The molecule has 18 heavy (non-hydrogen) atoms. The summed E-state index contributed by atoms with van der Waals surface area (Å²) < 4.78 is 0.